The van der Waals surface area contributed by atoms with E-state index in [-0.39, 0.29) is 5.75 Å². The molecular weight excluding hydrogens is 388 g/mol. The number of nitrogens with one attached hydrogen (secondary N) is 3. The van der Waals surface area contributed by atoms with E-state index in [0.717, 1.165) is 0 Å². The molecule has 8 N–H and O–H groups in total. The molecule has 3 unspecified atom stereocenters. The molecule has 0 aliphatic heterocycles. The molecule has 0 heterocycles. The van der Waals surface area contributed by atoms with Crippen LogP contribution in [0.3, 0.4) is 0 Å². The van der Waals surface area contributed by atoms with Gasteiger partial charge in [0.1, 0.15) is 12.1 Å². The molecule has 0 saturated carbocycles. The smallest absolute Gasteiger partial charge is 0.326 e. The Labute approximate surface area is 158 Å². The van der Waals surface area contributed by atoms with Gasteiger partial charge in [-0.25, -0.2) is 4.79 Å². The Morgan fingerprint density at radius 3 is 1.85 bits per heavy atom. The molecule has 0 fully saturated rings. The summed E-state index contributed by atoms with van der Waals surface area (Å²) in [5, 5.41) is 32.1. The van der Waals surface area contributed by atoms with Crippen LogP contribution < -0.4 is 21.7 Å². The Kier molecular flexibility index (Phi) is 10.4. The van der Waals surface area contributed by atoms with Crippen molar-refractivity contribution >= 4 is 48.3 Å². The van der Waals surface area contributed by atoms with Crippen LogP contribution in [0.4, 0.5) is 0 Å². The van der Waals surface area contributed by atoms with Gasteiger partial charge in [-0.1, -0.05) is 0 Å². The number of carbonyl (C=O) groups is 6. The van der Waals surface area contributed by atoms with Crippen molar-refractivity contribution < 1.29 is 44.1 Å². The van der Waals surface area contributed by atoms with Gasteiger partial charge in [-0.2, -0.15) is 12.6 Å². The fourth-order valence-corrected chi connectivity index (χ4v) is 1.92. The number of carbonyl (C=O) groups excluding carboxylic acids is 3. The molecule has 0 spiro atoms. The highest BCUT2D eigenvalue weighted by atomic mass is 32.1. The van der Waals surface area contributed by atoms with Gasteiger partial charge in [-0.05, 0) is 0 Å². The van der Waals surface area contributed by atoms with Gasteiger partial charge in [0.2, 0.25) is 17.7 Å². The monoisotopic (exact) mass is 408 g/mol. The minimum atomic E-state index is -1.68. The fraction of sp³-hybridized carbons (Fsp3) is 0.538. The number of aliphatic carboxylic acids is 3. The van der Waals surface area contributed by atoms with Crippen LogP contribution in [-0.2, 0) is 28.8 Å². The van der Waals surface area contributed by atoms with E-state index in [1.165, 1.54) is 0 Å². The topological polar surface area (TPSA) is 225 Å². The van der Waals surface area contributed by atoms with E-state index in [1.54, 1.807) is 0 Å². The second-order valence-corrected chi connectivity index (χ2v) is 5.59. The summed E-state index contributed by atoms with van der Waals surface area (Å²) in [6.45, 7) is -0.691. The molecule has 14 heteroatoms. The molecule has 0 radical (unpaired) electrons. The van der Waals surface area contributed by atoms with Gasteiger partial charge in [-0.3, -0.25) is 24.0 Å². The molecule has 0 rings (SSSR count). The summed E-state index contributed by atoms with van der Waals surface area (Å²) in [4.78, 5) is 67.2. The zero-order chi connectivity index (χ0) is 21.1. The Morgan fingerprint density at radius 1 is 0.852 bits per heavy atom. The predicted octanol–water partition coefficient (Wildman–Crippen LogP) is -3.64. The number of carboxylic acid groups (broad SMARTS) is 3. The van der Waals surface area contributed by atoms with Crippen LogP contribution in [0.1, 0.15) is 12.8 Å². The van der Waals surface area contributed by atoms with E-state index in [2.05, 4.69) is 23.3 Å². The second kappa shape index (κ2) is 11.7. The van der Waals surface area contributed by atoms with Crippen molar-refractivity contribution in [2.24, 2.45) is 5.73 Å². The highest BCUT2D eigenvalue weighted by molar-refractivity contribution is 7.80. The average Bonchev–Trinajstić information content (AvgIpc) is 2.55. The molecule has 0 saturated heterocycles. The number of hydrogen-bond acceptors (Lipinski definition) is 8. The second-order valence-electron chi connectivity index (χ2n) is 5.22. The summed E-state index contributed by atoms with van der Waals surface area (Å²) >= 11 is 3.86. The lowest BCUT2D eigenvalue weighted by atomic mass is 10.2. The van der Waals surface area contributed by atoms with Crippen LogP contribution in [0.5, 0.6) is 0 Å². The van der Waals surface area contributed by atoms with E-state index in [0.29, 0.717) is 0 Å². The first kappa shape index (κ1) is 24.1. The highest BCUT2D eigenvalue weighted by Gasteiger charge is 2.26. The van der Waals surface area contributed by atoms with Crippen molar-refractivity contribution in [3.05, 3.63) is 0 Å². The molecule has 27 heavy (non-hydrogen) atoms. The third kappa shape index (κ3) is 10.0. The van der Waals surface area contributed by atoms with E-state index >= 15 is 0 Å². The van der Waals surface area contributed by atoms with E-state index < -0.39 is 73.1 Å². The Balaban J connectivity index is 4.60. The molecule has 0 aliphatic rings. The van der Waals surface area contributed by atoms with Crippen molar-refractivity contribution in [3.63, 3.8) is 0 Å². The molecule has 0 aromatic heterocycles. The Bertz CT molecular complexity index is 613. The summed E-state index contributed by atoms with van der Waals surface area (Å²) in [5.74, 6) is -7.26. The first-order valence-electron chi connectivity index (χ1n) is 7.38. The standard InChI is InChI=1S/C13H20N4O9S/c14-5(1-9(19)20)11(23)17-7(4-27)12(24)15-3-8(18)16-6(13(25)26)2-10(21)22/h5-7,27H,1-4,14H2,(H,15,24)(H,16,18)(H,17,23)(H,19,20)(H,21,22)(H,25,26). The van der Waals surface area contributed by atoms with E-state index in [9.17, 15) is 28.8 Å². The molecule has 0 aromatic carbocycles. The van der Waals surface area contributed by atoms with Gasteiger partial charge >= 0.3 is 17.9 Å². The quantitative estimate of drug-likeness (QED) is 0.148. The number of rotatable bonds is 12. The zero-order valence-corrected chi connectivity index (χ0v) is 14.8. The van der Waals surface area contributed by atoms with Gasteiger partial charge in [0, 0.05) is 5.75 Å². The SMILES string of the molecule is NC(CC(=O)O)C(=O)NC(CS)C(=O)NCC(=O)NC(CC(=O)O)C(=O)O. The molecule has 3 amide bonds. The molecule has 0 aromatic rings. The normalized spacial score (nSPS) is 13.6. The number of carboxylic acids is 3. The highest BCUT2D eigenvalue weighted by Crippen LogP contribution is 1.95. The van der Waals surface area contributed by atoms with Crippen LogP contribution >= 0.6 is 12.6 Å². The van der Waals surface area contributed by atoms with Crippen molar-refractivity contribution in [1.82, 2.24) is 16.0 Å². The molecular formula is C13H20N4O9S. The van der Waals surface area contributed by atoms with Crippen LogP contribution in [0.15, 0.2) is 0 Å². The summed E-state index contributed by atoms with van der Waals surface area (Å²) in [6, 6.07) is -4.31. The molecule has 0 bridgehead atoms. The minimum absolute atomic E-state index is 0.199. The van der Waals surface area contributed by atoms with Crippen LogP contribution in [-0.4, -0.2) is 81.4 Å². The van der Waals surface area contributed by atoms with Crippen LogP contribution in [0.25, 0.3) is 0 Å². The number of amides is 3. The Morgan fingerprint density at radius 2 is 1.41 bits per heavy atom. The summed E-state index contributed by atoms with van der Waals surface area (Å²) in [5.41, 5.74) is 5.35. The molecule has 152 valence electrons. The predicted molar refractivity (Wildman–Crippen MR) is 90.8 cm³/mol. The number of nitrogens with two attached hydrogens (primary N) is 1. The van der Waals surface area contributed by atoms with E-state index in [1.807, 2.05) is 5.32 Å². The fourth-order valence-electron chi connectivity index (χ4n) is 1.66. The third-order valence-electron chi connectivity index (χ3n) is 2.98. The van der Waals surface area contributed by atoms with E-state index in [4.69, 9.17) is 21.1 Å². The lowest BCUT2D eigenvalue weighted by Crippen LogP contribution is -2.54. The summed E-state index contributed by atoms with van der Waals surface area (Å²) in [6.07, 6.45) is -1.51. The molecule has 13 nitrogen and oxygen atoms in total. The van der Waals surface area contributed by atoms with Crippen molar-refractivity contribution in [3.8, 4) is 0 Å². The maximum absolute atomic E-state index is 11.9. The van der Waals surface area contributed by atoms with Gasteiger partial charge in [-0.15, -0.1) is 0 Å². The Hall–Kier alpha value is -2.87. The van der Waals surface area contributed by atoms with Gasteiger partial charge < -0.3 is 37.0 Å². The van der Waals surface area contributed by atoms with Crippen LogP contribution in [0.2, 0.25) is 0 Å². The van der Waals surface area contributed by atoms with Crippen molar-refractivity contribution in [2.45, 2.75) is 31.0 Å². The maximum atomic E-state index is 11.9. The summed E-state index contributed by atoms with van der Waals surface area (Å²) < 4.78 is 0. The number of thiol groups is 1. The van der Waals surface area contributed by atoms with Crippen molar-refractivity contribution in [1.29, 1.82) is 0 Å². The average molecular weight is 408 g/mol. The van der Waals surface area contributed by atoms with Crippen LogP contribution in [0, 0.1) is 0 Å². The zero-order valence-electron chi connectivity index (χ0n) is 13.9. The lowest BCUT2D eigenvalue weighted by molar-refractivity contribution is -0.147. The van der Waals surface area contributed by atoms with Crippen molar-refractivity contribution in [2.75, 3.05) is 12.3 Å². The first-order valence-corrected chi connectivity index (χ1v) is 8.01. The number of hydrogen-bond donors (Lipinski definition) is 8. The maximum Gasteiger partial charge on any atom is 0.326 e. The molecule has 0 aliphatic carbocycles. The lowest BCUT2D eigenvalue weighted by Gasteiger charge is -2.19. The first-order chi connectivity index (χ1) is 12.5. The largest absolute Gasteiger partial charge is 0.481 e. The van der Waals surface area contributed by atoms with Gasteiger partial charge in [0.25, 0.3) is 0 Å². The van der Waals surface area contributed by atoms with Gasteiger partial charge in [0.05, 0.1) is 25.4 Å². The van der Waals surface area contributed by atoms with Gasteiger partial charge in [0.15, 0.2) is 0 Å². The minimum Gasteiger partial charge on any atom is -0.481 e. The molecule has 3 atom stereocenters. The third-order valence-corrected chi connectivity index (χ3v) is 3.35. The summed E-state index contributed by atoms with van der Waals surface area (Å²) in [7, 11) is 0.